The van der Waals surface area contributed by atoms with E-state index in [0.717, 1.165) is 5.92 Å². The van der Waals surface area contributed by atoms with Gasteiger partial charge in [0.15, 0.2) is 5.78 Å². The van der Waals surface area contributed by atoms with Gasteiger partial charge >= 0.3 is 24.5 Å². The van der Waals surface area contributed by atoms with E-state index in [-0.39, 0.29) is 39.9 Å². The SMILES string of the molecule is COc1cc(OC)c(C(=O)/C=C/[C]2[CH][CH][CH][CH]2)c(OB(F)F)c1.[CH]1[CH][CH][CH][CH]1.[Fe+2]. The number of ketones is 1. The number of methoxy groups -OCH3 is 2. The maximum Gasteiger partial charge on any atom is 2.00 e. The van der Waals surface area contributed by atoms with E-state index in [2.05, 4.69) is 4.65 Å². The first-order valence-electron chi connectivity index (χ1n) is 8.36. The molecule has 2 aliphatic rings. The third-order valence-electron chi connectivity index (χ3n) is 3.63. The summed E-state index contributed by atoms with van der Waals surface area (Å²) in [4.78, 5) is 12.4. The first-order chi connectivity index (χ1) is 13.5. The molecule has 0 spiro atoms. The number of rotatable bonds is 7. The molecule has 1 aromatic rings. The van der Waals surface area contributed by atoms with Crippen LogP contribution in [0.25, 0.3) is 0 Å². The molecule has 0 atom stereocenters. The number of hydrogen-bond donors (Lipinski definition) is 0. The summed E-state index contributed by atoms with van der Waals surface area (Å²) in [5, 5.41) is 0. The van der Waals surface area contributed by atoms with E-state index in [4.69, 9.17) is 9.47 Å². The zero-order chi connectivity index (χ0) is 20.4. The Morgan fingerprint density at radius 1 is 0.897 bits per heavy atom. The summed E-state index contributed by atoms with van der Waals surface area (Å²) in [5.74, 6) is 0.350. The van der Waals surface area contributed by atoms with Gasteiger partial charge in [-0.15, -0.1) is 0 Å². The normalized spacial score (nSPS) is 16.0. The van der Waals surface area contributed by atoms with Crippen molar-refractivity contribution in [3.8, 4) is 17.2 Å². The van der Waals surface area contributed by atoms with E-state index in [1.165, 1.54) is 32.4 Å². The Hall–Kier alpha value is -1.53. The minimum Gasteiger partial charge on any atom is -0.504 e. The first kappa shape index (κ1) is 25.5. The van der Waals surface area contributed by atoms with Crippen LogP contribution in [0.1, 0.15) is 10.4 Å². The van der Waals surface area contributed by atoms with Gasteiger partial charge in [0, 0.05) is 18.1 Å². The molecular formula is C21H19BF2FeO4+2. The van der Waals surface area contributed by atoms with Crippen molar-refractivity contribution in [2.24, 2.45) is 0 Å². The van der Waals surface area contributed by atoms with Crippen molar-refractivity contribution in [2.45, 2.75) is 0 Å². The van der Waals surface area contributed by atoms with E-state index in [1.54, 1.807) is 6.08 Å². The Morgan fingerprint density at radius 2 is 1.45 bits per heavy atom. The van der Waals surface area contributed by atoms with Gasteiger partial charge in [0.2, 0.25) is 0 Å². The van der Waals surface area contributed by atoms with Crippen LogP contribution in [0.2, 0.25) is 0 Å². The molecule has 0 heterocycles. The molecule has 2 fully saturated rings. The van der Waals surface area contributed by atoms with Gasteiger partial charge in [0.05, 0.1) is 14.2 Å². The van der Waals surface area contributed by atoms with Crippen molar-refractivity contribution in [2.75, 3.05) is 14.2 Å². The molecule has 0 N–H and O–H groups in total. The molecular weight excluding hydrogens is 421 g/mol. The molecule has 0 unspecified atom stereocenters. The summed E-state index contributed by atoms with van der Waals surface area (Å²) in [6.45, 7) is 0. The Morgan fingerprint density at radius 3 is 1.93 bits per heavy atom. The Bertz CT molecular complexity index is 653. The first-order valence-corrected chi connectivity index (χ1v) is 8.36. The minimum atomic E-state index is -3.07. The van der Waals surface area contributed by atoms with Gasteiger partial charge in [-0.05, 0) is 63.9 Å². The second kappa shape index (κ2) is 13.7. The predicted octanol–water partition coefficient (Wildman–Crippen LogP) is 4.17. The van der Waals surface area contributed by atoms with Gasteiger partial charge in [-0.3, -0.25) is 4.79 Å². The smallest absolute Gasteiger partial charge is 0.504 e. The van der Waals surface area contributed by atoms with Crippen molar-refractivity contribution in [3.63, 3.8) is 0 Å². The predicted molar refractivity (Wildman–Crippen MR) is 104 cm³/mol. The molecule has 0 bridgehead atoms. The maximum atomic E-state index is 12.6. The number of carbonyl (C=O) groups excluding carboxylic acids is 1. The molecule has 2 aliphatic carbocycles. The van der Waals surface area contributed by atoms with E-state index in [1.807, 2.05) is 57.8 Å². The molecule has 4 nitrogen and oxygen atoms in total. The van der Waals surface area contributed by atoms with Crippen molar-refractivity contribution in [3.05, 3.63) is 93.6 Å². The second-order valence-corrected chi connectivity index (χ2v) is 5.46. The summed E-state index contributed by atoms with van der Waals surface area (Å²) in [7, 11) is -0.367. The maximum absolute atomic E-state index is 12.6. The molecule has 0 aliphatic heterocycles. The quantitative estimate of drug-likeness (QED) is 0.363. The molecule has 3 rings (SSSR count). The zero-order valence-electron chi connectivity index (χ0n) is 15.8. The number of benzene rings is 1. The van der Waals surface area contributed by atoms with Gasteiger partial charge in [-0.25, -0.2) is 8.63 Å². The summed E-state index contributed by atoms with van der Waals surface area (Å²) < 4.78 is 39.8. The second-order valence-electron chi connectivity index (χ2n) is 5.46. The van der Waals surface area contributed by atoms with Crippen LogP contribution in [-0.4, -0.2) is 27.5 Å². The Kier molecular flexibility index (Phi) is 12.0. The number of ether oxygens (including phenoxy) is 2. The minimum absolute atomic E-state index is 0. The van der Waals surface area contributed by atoms with E-state index >= 15 is 0 Å². The van der Waals surface area contributed by atoms with Crippen LogP contribution >= 0.6 is 0 Å². The largest absolute Gasteiger partial charge is 2.00 e. The molecule has 8 heteroatoms. The van der Waals surface area contributed by atoms with Crippen molar-refractivity contribution >= 4 is 13.3 Å². The average Bonchev–Trinajstić information content (AvgIpc) is 3.41. The van der Waals surface area contributed by atoms with E-state index in [9.17, 15) is 13.4 Å². The van der Waals surface area contributed by atoms with Gasteiger partial charge in [-0.2, -0.15) is 0 Å². The Labute approximate surface area is 183 Å². The van der Waals surface area contributed by atoms with Gasteiger partial charge in [-0.1, -0.05) is 6.08 Å². The summed E-state index contributed by atoms with van der Waals surface area (Å²) in [6.07, 6.45) is 20.1. The van der Waals surface area contributed by atoms with E-state index in [0.29, 0.717) is 0 Å². The van der Waals surface area contributed by atoms with Gasteiger partial charge < -0.3 is 14.1 Å². The van der Waals surface area contributed by atoms with Crippen LogP contribution in [0.3, 0.4) is 0 Å². The standard InChI is InChI=1S/C16H14BF2O4.C5H5.Fe/c1-21-12-9-14(22-2)16(15(10-12)23-17(18)19)13(20)8-7-11-5-3-4-6-11;1-2-4-5-3-1;/h3-10H,1-2H3;1-5H;/q;;+2/b8-7+;;. The zero-order valence-corrected chi connectivity index (χ0v) is 16.9. The van der Waals surface area contributed by atoms with Crippen molar-refractivity contribution < 1.29 is 44.6 Å². The van der Waals surface area contributed by atoms with E-state index < -0.39 is 13.3 Å². The molecule has 0 saturated heterocycles. The fourth-order valence-electron chi connectivity index (χ4n) is 2.35. The summed E-state index contributed by atoms with van der Waals surface area (Å²) >= 11 is 0. The van der Waals surface area contributed by atoms with Crippen molar-refractivity contribution in [1.29, 1.82) is 0 Å². The average molecular weight is 440 g/mol. The molecule has 0 amide bonds. The molecule has 2 saturated carbocycles. The monoisotopic (exact) mass is 440 g/mol. The number of allylic oxidation sites excluding steroid dienone is 2. The van der Waals surface area contributed by atoms with Crippen LogP contribution in [0, 0.1) is 63.7 Å². The molecule has 10 radical (unpaired) electrons. The third kappa shape index (κ3) is 8.39. The fourth-order valence-corrected chi connectivity index (χ4v) is 2.35. The van der Waals surface area contributed by atoms with Gasteiger partial charge in [0.25, 0.3) is 0 Å². The molecule has 0 aromatic heterocycles. The van der Waals surface area contributed by atoms with Crippen LogP contribution < -0.4 is 14.1 Å². The fraction of sp³-hybridized carbons (Fsp3) is 0.0952. The van der Waals surface area contributed by atoms with Crippen LogP contribution in [0.5, 0.6) is 17.2 Å². The van der Waals surface area contributed by atoms with Crippen LogP contribution in [-0.2, 0) is 17.1 Å². The number of hydrogen-bond acceptors (Lipinski definition) is 4. The Balaban J connectivity index is 0.000000610. The summed E-state index contributed by atoms with van der Waals surface area (Å²) in [6, 6.07) is 2.65. The van der Waals surface area contributed by atoms with Gasteiger partial charge in [0.1, 0.15) is 22.8 Å². The van der Waals surface area contributed by atoms with Crippen molar-refractivity contribution in [1.82, 2.24) is 0 Å². The topological polar surface area (TPSA) is 44.8 Å². The summed E-state index contributed by atoms with van der Waals surface area (Å²) in [5.41, 5.74) is -0.0867. The number of halogens is 2. The third-order valence-corrected chi connectivity index (χ3v) is 3.63. The van der Waals surface area contributed by atoms with Crippen LogP contribution in [0.4, 0.5) is 8.63 Å². The molecule has 1 aromatic carbocycles. The van der Waals surface area contributed by atoms with Crippen LogP contribution in [0.15, 0.2) is 24.3 Å². The molecule has 29 heavy (non-hydrogen) atoms. The number of carbonyl (C=O) groups is 1. The molecule has 150 valence electrons.